The fourth-order valence-corrected chi connectivity index (χ4v) is 2.98. The monoisotopic (exact) mass is 317 g/mol. The Morgan fingerprint density at radius 2 is 1.68 bits per heavy atom. The second-order valence-corrected chi connectivity index (χ2v) is 6.02. The van der Waals surface area contributed by atoms with Crippen molar-refractivity contribution in [2.24, 2.45) is 0 Å². The van der Waals surface area contributed by atoms with Crippen LogP contribution in [0.5, 0.6) is 11.5 Å². The van der Waals surface area contributed by atoms with Crippen molar-refractivity contribution in [2.45, 2.75) is 11.3 Å². The third kappa shape index (κ3) is 5.28. The lowest BCUT2D eigenvalue weighted by Crippen LogP contribution is -2.20. The smallest absolute Gasteiger partial charge is 0.160 e. The van der Waals surface area contributed by atoms with Gasteiger partial charge in [-0.3, -0.25) is 0 Å². The predicted octanol–water partition coefficient (Wildman–Crippen LogP) is 3.63. The van der Waals surface area contributed by atoms with Gasteiger partial charge in [-0.05, 0) is 42.8 Å². The van der Waals surface area contributed by atoms with E-state index in [-0.39, 0.29) is 0 Å². The molecule has 0 saturated carbocycles. The quantitative estimate of drug-likeness (QED) is 0.565. The minimum atomic E-state index is 0.776. The molecule has 22 heavy (non-hydrogen) atoms. The van der Waals surface area contributed by atoms with Gasteiger partial charge in [0.05, 0.1) is 14.2 Å². The normalized spacial score (nSPS) is 10.5. The van der Waals surface area contributed by atoms with E-state index in [4.69, 9.17) is 9.47 Å². The van der Waals surface area contributed by atoms with Crippen LogP contribution in [0.4, 0.5) is 0 Å². The highest BCUT2D eigenvalue weighted by Gasteiger charge is 2.04. The number of benzene rings is 2. The Kier molecular flexibility index (Phi) is 7.13. The van der Waals surface area contributed by atoms with E-state index in [1.807, 2.05) is 30.0 Å². The topological polar surface area (TPSA) is 30.5 Å². The molecule has 3 nitrogen and oxygen atoms in total. The molecular formula is C18H23NO2S. The molecule has 118 valence electrons. The Bertz CT molecular complexity index is 560. The van der Waals surface area contributed by atoms with Crippen molar-refractivity contribution in [3.05, 3.63) is 54.1 Å². The number of rotatable bonds is 9. The van der Waals surface area contributed by atoms with Crippen LogP contribution in [0.2, 0.25) is 0 Å². The maximum atomic E-state index is 5.32. The molecule has 1 N–H and O–H groups in total. The Hall–Kier alpha value is -1.65. The summed E-state index contributed by atoms with van der Waals surface area (Å²) in [6.07, 6.45) is 0.982. The van der Waals surface area contributed by atoms with Crippen molar-refractivity contribution in [1.82, 2.24) is 5.32 Å². The molecule has 2 aromatic rings. The largest absolute Gasteiger partial charge is 0.493 e. The van der Waals surface area contributed by atoms with Gasteiger partial charge >= 0.3 is 0 Å². The van der Waals surface area contributed by atoms with Gasteiger partial charge in [0.2, 0.25) is 0 Å². The second-order valence-electron chi connectivity index (χ2n) is 4.85. The fraction of sp³-hybridized carbons (Fsp3) is 0.333. The van der Waals surface area contributed by atoms with E-state index in [0.29, 0.717) is 0 Å². The van der Waals surface area contributed by atoms with E-state index in [1.54, 1.807) is 14.2 Å². The van der Waals surface area contributed by atoms with Crippen molar-refractivity contribution in [2.75, 3.05) is 33.1 Å². The lowest BCUT2D eigenvalue weighted by molar-refractivity contribution is 0.354. The van der Waals surface area contributed by atoms with Crippen LogP contribution in [0.15, 0.2) is 53.4 Å². The maximum absolute atomic E-state index is 5.32. The number of methoxy groups -OCH3 is 2. The van der Waals surface area contributed by atoms with E-state index < -0.39 is 0 Å². The van der Waals surface area contributed by atoms with Crippen LogP contribution in [0.3, 0.4) is 0 Å². The number of ether oxygens (including phenoxy) is 2. The third-order valence-electron chi connectivity index (χ3n) is 3.33. The number of thioether (sulfide) groups is 1. The fourth-order valence-electron chi connectivity index (χ4n) is 2.15. The first-order chi connectivity index (χ1) is 10.8. The summed E-state index contributed by atoms with van der Waals surface area (Å²) in [5.74, 6) is 2.65. The molecule has 2 rings (SSSR count). The van der Waals surface area contributed by atoms with Crippen molar-refractivity contribution in [3.63, 3.8) is 0 Å². The second kappa shape index (κ2) is 9.38. The average molecular weight is 317 g/mol. The zero-order chi connectivity index (χ0) is 15.6. The Morgan fingerprint density at radius 1 is 0.909 bits per heavy atom. The molecule has 2 aromatic carbocycles. The van der Waals surface area contributed by atoms with Gasteiger partial charge in [-0.2, -0.15) is 0 Å². The molecule has 0 aliphatic carbocycles. The summed E-state index contributed by atoms with van der Waals surface area (Å²) in [4.78, 5) is 1.32. The molecule has 0 atom stereocenters. The number of nitrogens with one attached hydrogen (secondary N) is 1. The Morgan fingerprint density at radius 3 is 2.41 bits per heavy atom. The zero-order valence-corrected chi connectivity index (χ0v) is 14.0. The van der Waals surface area contributed by atoms with E-state index in [1.165, 1.54) is 10.5 Å². The van der Waals surface area contributed by atoms with Crippen LogP contribution in [-0.4, -0.2) is 33.1 Å². The van der Waals surface area contributed by atoms with Crippen LogP contribution in [0.1, 0.15) is 5.56 Å². The molecule has 0 heterocycles. The Balaban J connectivity index is 1.66. The van der Waals surface area contributed by atoms with Gasteiger partial charge < -0.3 is 14.8 Å². The van der Waals surface area contributed by atoms with Crippen LogP contribution < -0.4 is 14.8 Å². The molecule has 4 heteroatoms. The van der Waals surface area contributed by atoms with Crippen LogP contribution in [0, 0.1) is 0 Å². The first kappa shape index (κ1) is 16.7. The molecule has 0 amide bonds. The highest BCUT2D eigenvalue weighted by atomic mass is 32.2. The summed E-state index contributed by atoms with van der Waals surface area (Å²) in [5, 5.41) is 3.48. The summed E-state index contributed by atoms with van der Waals surface area (Å²) in [5.41, 5.74) is 1.25. The molecule has 0 bridgehead atoms. The summed E-state index contributed by atoms with van der Waals surface area (Å²) in [6, 6.07) is 16.6. The molecule has 0 aliphatic heterocycles. The molecule has 0 saturated heterocycles. The van der Waals surface area contributed by atoms with Gasteiger partial charge in [0.25, 0.3) is 0 Å². The molecule has 0 unspecified atom stereocenters. The van der Waals surface area contributed by atoms with Crippen molar-refractivity contribution in [1.29, 1.82) is 0 Å². The number of hydrogen-bond acceptors (Lipinski definition) is 4. The zero-order valence-electron chi connectivity index (χ0n) is 13.2. The first-order valence-electron chi connectivity index (χ1n) is 7.43. The Labute approximate surface area is 137 Å². The van der Waals surface area contributed by atoms with Gasteiger partial charge in [-0.25, -0.2) is 0 Å². The minimum Gasteiger partial charge on any atom is -0.493 e. The van der Waals surface area contributed by atoms with Gasteiger partial charge in [0, 0.05) is 17.2 Å². The highest BCUT2D eigenvalue weighted by molar-refractivity contribution is 7.99. The predicted molar refractivity (Wildman–Crippen MR) is 93.3 cm³/mol. The van der Waals surface area contributed by atoms with Crippen molar-refractivity contribution < 1.29 is 9.47 Å². The third-order valence-corrected chi connectivity index (χ3v) is 4.34. The SMILES string of the molecule is COc1ccc(CCNCCSc2ccccc2)cc1OC. The van der Waals surface area contributed by atoms with E-state index in [2.05, 4.69) is 35.6 Å². The lowest BCUT2D eigenvalue weighted by Gasteiger charge is -2.10. The standard InChI is InChI=1S/C18H23NO2S/c1-20-17-9-8-15(14-18(17)21-2)10-11-19-12-13-22-16-6-4-3-5-7-16/h3-9,14,19H,10-13H2,1-2H3. The maximum Gasteiger partial charge on any atom is 0.160 e. The molecule has 0 fully saturated rings. The molecule has 0 aromatic heterocycles. The van der Waals surface area contributed by atoms with E-state index >= 15 is 0 Å². The summed E-state index contributed by atoms with van der Waals surface area (Å²) < 4.78 is 10.6. The van der Waals surface area contributed by atoms with Crippen LogP contribution in [0.25, 0.3) is 0 Å². The molecule has 0 aliphatic rings. The van der Waals surface area contributed by atoms with Gasteiger partial charge in [-0.15, -0.1) is 11.8 Å². The van der Waals surface area contributed by atoms with Crippen molar-refractivity contribution >= 4 is 11.8 Å². The van der Waals surface area contributed by atoms with E-state index in [0.717, 1.165) is 36.8 Å². The van der Waals surface area contributed by atoms with E-state index in [9.17, 15) is 0 Å². The number of hydrogen-bond donors (Lipinski definition) is 1. The lowest BCUT2D eigenvalue weighted by atomic mass is 10.1. The summed E-state index contributed by atoms with van der Waals surface area (Å²) in [6.45, 7) is 1.97. The molecule has 0 radical (unpaired) electrons. The highest BCUT2D eigenvalue weighted by Crippen LogP contribution is 2.27. The van der Waals surface area contributed by atoms with Crippen molar-refractivity contribution in [3.8, 4) is 11.5 Å². The van der Waals surface area contributed by atoms with Gasteiger partial charge in [0.1, 0.15) is 0 Å². The van der Waals surface area contributed by atoms with Crippen LogP contribution in [-0.2, 0) is 6.42 Å². The molecule has 0 spiro atoms. The van der Waals surface area contributed by atoms with Gasteiger partial charge in [0.15, 0.2) is 11.5 Å². The summed E-state index contributed by atoms with van der Waals surface area (Å²) in [7, 11) is 3.32. The first-order valence-corrected chi connectivity index (χ1v) is 8.41. The average Bonchev–Trinajstić information content (AvgIpc) is 2.58. The van der Waals surface area contributed by atoms with Crippen LogP contribution >= 0.6 is 11.8 Å². The minimum absolute atomic E-state index is 0.776. The van der Waals surface area contributed by atoms with Gasteiger partial charge in [-0.1, -0.05) is 24.3 Å². The summed E-state index contributed by atoms with van der Waals surface area (Å²) >= 11 is 1.88. The molecular weight excluding hydrogens is 294 g/mol.